The molecule has 0 unspecified atom stereocenters. The van der Waals surface area contributed by atoms with E-state index in [4.69, 9.17) is 9.47 Å². The van der Waals surface area contributed by atoms with Gasteiger partial charge in [-0.2, -0.15) is 0 Å². The van der Waals surface area contributed by atoms with Gasteiger partial charge in [-0.1, -0.05) is 0 Å². The van der Waals surface area contributed by atoms with Gasteiger partial charge in [-0.15, -0.1) is 0 Å². The van der Waals surface area contributed by atoms with Crippen molar-refractivity contribution in [2.45, 2.75) is 25.9 Å². The Morgan fingerprint density at radius 2 is 2.15 bits per heavy atom. The van der Waals surface area contributed by atoms with Crippen LogP contribution in [0.25, 0.3) is 0 Å². The Labute approximate surface area is 75.5 Å². The molecule has 70 valence electrons. The summed E-state index contributed by atoms with van der Waals surface area (Å²) in [4.78, 5) is 22.6. The van der Waals surface area contributed by atoms with Gasteiger partial charge in [-0.3, -0.25) is 4.79 Å². The van der Waals surface area contributed by atoms with Gasteiger partial charge in [0.2, 0.25) is 5.78 Å². The average molecular weight is 182 g/mol. The van der Waals surface area contributed by atoms with E-state index in [0.29, 0.717) is 18.8 Å². The van der Waals surface area contributed by atoms with Crippen LogP contribution in [0, 0.1) is 0 Å². The van der Waals surface area contributed by atoms with Gasteiger partial charge in [0.05, 0.1) is 6.61 Å². The number of hydrogen-bond acceptors (Lipinski definition) is 4. The normalized spacial score (nSPS) is 33.5. The lowest BCUT2D eigenvalue weighted by Gasteiger charge is -1.98. The molecule has 0 aromatic carbocycles. The lowest BCUT2D eigenvalue weighted by atomic mass is 10.1. The van der Waals surface area contributed by atoms with E-state index in [1.54, 1.807) is 6.92 Å². The highest BCUT2D eigenvalue weighted by Crippen LogP contribution is 2.26. The fourth-order valence-electron chi connectivity index (χ4n) is 1.53. The lowest BCUT2D eigenvalue weighted by Crippen LogP contribution is -2.11. The van der Waals surface area contributed by atoms with Gasteiger partial charge in [0, 0.05) is 6.42 Å². The summed E-state index contributed by atoms with van der Waals surface area (Å²) in [5.74, 6) is -0.268. The number of ether oxygens (including phenoxy) is 2. The lowest BCUT2D eigenvalue weighted by molar-refractivity contribution is -0.140. The van der Waals surface area contributed by atoms with Crippen molar-refractivity contribution in [3.8, 4) is 0 Å². The first-order valence-corrected chi connectivity index (χ1v) is 4.31. The molecule has 4 nitrogen and oxygen atoms in total. The minimum absolute atomic E-state index is 0.130. The van der Waals surface area contributed by atoms with Crippen LogP contribution in [0.1, 0.15) is 19.8 Å². The van der Waals surface area contributed by atoms with E-state index >= 15 is 0 Å². The highest BCUT2D eigenvalue weighted by molar-refractivity contribution is 6.23. The summed E-state index contributed by atoms with van der Waals surface area (Å²) in [6, 6.07) is 0. The molecular formula is C9H10O4. The first-order valence-electron chi connectivity index (χ1n) is 4.31. The van der Waals surface area contributed by atoms with Crippen molar-refractivity contribution >= 4 is 11.8 Å². The van der Waals surface area contributed by atoms with Crippen LogP contribution in [-0.2, 0) is 19.1 Å². The van der Waals surface area contributed by atoms with Crippen LogP contribution < -0.4 is 0 Å². The SMILES string of the molecule is C[C@@H]1OC(=O)C(=C2CCCO2)C1=O. The Morgan fingerprint density at radius 1 is 1.38 bits per heavy atom. The highest BCUT2D eigenvalue weighted by Gasteiger charge is 2.39. The zero-order valence-corrected chi connectivity index (χ0v) is 7.33. The van der Waals surface area contributed by atoms with Crippen molar-refractivity contribution < 1.29 is 19.1 Å². The summed E-state index contributed by atoms with van der Waals surface area (Å²) in [6.45, 7) is 2.16. The maximum absolute atomic E-state index is 11.4. The van der Waals surface area contributed by atoms with E-state index < -0.39 is 12.1 Å². The standard InChI is InChI=1S/C9H10O4/c1-5-8(10)7(9(11)13-5)6-3-2-4-12-6/h5H,2-4H2,1H3/t5-/m0/s1. The number of allylic oxidation sites excluding steroid dienone is 1. The van der Waals surface area contributed by atoms with Crippen molar-refractivity contribution in [3.05, 3.63) is 11.3 Å². The number of cyclic esters (lactones) is 1. The molecule has 0 saturated carbocycles. The van der Waals surface area contributed by atoms with Gasteiger partial charge in [-0.05, 0) is 13.3 Å². The third kappa shape index (κ3) is 1.22. The third-order valence-corrected chi connectivity index (χ3v) is 2.21. The molecule has 0 aliphatic carbocycles. The van der Waals surface area contributed by atoms with Crippen LogP contribution in [0.4, 0.5) is 0 Å². The van der Waals surface area contributed by atoms with Crippen LogP contribution in [0.15, 0.2) is 11.3 Å². The third-order valence-electron chi connectivity index (χ3n) is 2.21. The van der Waals surface area contributed by atoms with Crippen molar-refractivity contribution in [2.24, 2.45) is 0 Å². The summed E-state index contributed by atoms with van der Waals surface area (Å²) in [5.41, 5.74) is 0.130. The van der Waals surface area contributed by atoms with Crippen molar-refractivity contribution in [1.29, 1.82) is 0 Å². The van der Waals surface area contributed by atoms with E-state index in [0.717, 1.165) is 6.42 Å². The molecule has 4 heteroatoms. The van der Waals surface area contributed by atoms with Gasteiger partial charge in [-0.25, -0.2) is 4.79 Å². The highest BCUT2D eigenvalue weighted by atomic mass is 16.6. The Hall–Kier alpha value is -1.32. The molecule has 13 heavy (non-hydrogen) atoms. The van der Waals surface area contributed by atoms with Crippen molar-refractivity contribution in [3.63, 3.8) is 0 Å². The monoisotopic (exact) mass is 182 g/mol. The maximum atomic E-state index is 11.4. The van der Waals surface area contributed by atoms with E-state index in [2.05, 4.69) is 0 Å². The maximum Gasteiger partial charge on any atom is 0.346 e. The Bertz CT molecular complexity index is 295. The van der Waals surface area contributed by atoms with Gasteiger partial charge in [0.1, 0.15) is 11.3 Å². The molecule has 0 radical (unpaired) electrons. The van der Waals surface area contributed by atoms with Gasteiger partial charge in [0.25, 0.3) is 0 Å². The van der Waals surface area contributed by atoms with E-state index in [9.17, 15) is 9.59 Å². The molecule has 2 fully saturated rings. The predicted molar refractivity (Wildman–Crippen MR) is 42.8 cm³/mol. The smallest absolute Gasteiger partial charge is 0.346 e. The summed E-state index contributed by atoms with van der Waals surface area (Å²) in [5, 5.41) is 0. The molecule has 0 N–H and O–H groups in total. The minimum Gasteiger partial charge on any atom is -0.497 e. The fraction of sp³-hybridized carbons (Fsp3) is 0.556. The minimum atomic E-state index is -0.640. The first-order chi connectivity index (χ1) is 6.20. The first kappa shape index (κ1) is 8.29. The zero-order valence-electron chi connectivity index (χ0n) is 7.33. The number of ketones is 1. The van der Waals surface area contributed by atoms with Crippen LogP contribution in [0.5, 0.6) is 0 Å². The second-order valence-corrected chi connectivity index (χ2v) is 3.16. The second-order valence-electron chi connectivity index (χ2n) is 3.16. The fourth-order valence-corrected chi connectivity index (χ4v) is 1.53. The van der Waals surface area contributed by atoms with Crippen molar-refractivity contribution in [2.75, 3.05) is 6.61 Å². The van der Waals surface area contributed by atoms with E-state index in [1.165, 1.54) is 0 Å². The Kier molecular flexibility index (Phi) is 1.83. The van der Waals surface area contributed by atoms with Gasteiger partial charge in [0.15, 0.2) is 6.10 Å². The Morgan fingerprint density at radius 3 is 2.62 bits per heavy atom. The largest absolute Gasteiger partial charge is 0.497 e. The molecule has 2 heterocycles. The summed E-state index contributed by atoms with van der Waals surface area (Å²) < 4.78 is 9.96. The van der Waals surface area contributed by atoms with Crippen LogP contribution in [0.3, 0.4) is 0 Å². The quantitative estimate of drug-likeness (QED) is 0.312. The number of esters is 1. The summed E-state index contributed by atoms with van der Waals surface area (Å²) in [7, 11) is 0. The summed E-state index contributed by atoms with van der Waals surface area (Å²) >= 11 is 0. The number of Topliss-reactive ketones (excluding diaryl/α,β-unsaturated/α-hetero) is 1. The molecule has 0 spiro atoms. The van der Waals surface area contributed by atoms with Crippen LogP contribution >= 0.6 is 0 Å². The topological polar surface area (TPSA) is 52.6 Å². The zero-order chi connectivity index (χ0) is 9.42. The van der Waals surface area contributed by atoms with E-state index in [-0.39, 0.29) is 11.4 Å². The molecule has 1 atom stereocenters. The molecule has 2 saturated heterocycles. The second kappa shape index (κ2) is 2.87. The number of hydrogen-bond donors (Lipinski definition) is 0. The average Bonchev–Trinajstić information content (AvgIpc) is 2.63. The molecule has 2 aliphatic heterocycles. The van der Waals surface area contributed by atoms with Crippen molar-refractivity contribution in [1.82, 2.24) is 0 Å². The number of carbonyl (C=O) groups excluding carboxylic acids is 2. The molecule has 2 rings (SSSR count). The number of rotatable bonds is 0. The van der Waals surface area contributed by atoms with Gasteiger partial charge >= 0.3 is 5.97 Å². The Balaban J connectivity index is 2.36. The molecule has 2 aliphatic rings. The van der Waals surface area contributed by atoms with E-state index in [1.807, 2.05) is 0 Å². The predicted octanol–water partition coefficient (Wildman–Crippen LogP) is 0.565. The summed E-state index contributed by atoms with van der Waals surface area (Å²) in [6.07, 6.45) is 0.899. The molecule has 0 aromatic heterocycles. The van der Waals surface area contributed by atoms with Crippen LogP contribution in [0.2, 0.25) is 0 Å². The molecule has 0 aromatic rings. The molecule has 0 bridgehead atoms. The number of carbonyl (C=O) groups is 2. The molecular weight excluding hydrogens is 172 g/mol. The molecule has 0 amide bonds. The van der Waals surface area contributed by atoms with Crippen LogP contribution in [-0.4, -0.2) is 24.5 Å². The van der Waals surface area contributed by atoms with Gasteiger partial charge < -0.3 is 9.47 Å².